The Hall–Kier alpha value is -1.41. The van der Waals surface area contributed by atoms with Crippen molar-refractivity contribution in [2.75, 3.05) is 49.1 Å². The second-order valence-electron chi connectivity index (χ2n) is 6.93. The lowest BCUT2D eigenvalue weighted by atomic mass is 10.1. The van der Waals surface area contributed by atoms with E-state index in [1.807, 2.05) is 12.1 Å². The minimum atomic E-state index is -3.05. The zero-order valence-electron chi connectivity index (χ0n) is 14.0. The molecule has 7 nitrogen and oxygen atoms in total. The molecule has 1 aliphatic carbocycles. The number of nitrogens with zero attached hydrogens (tertiary/aromatic N) is 5. The molecule has 8 heteroatoms. The quantitative estimate of drug-likeness (QED) is 0.809. The third-order valence-electron chi connectivity index (χ3n) is 5.18. The number of piperazine rings is 1. The van der Waals surface area contributed by atoms with E-state index in [9.17, 15) is 8.42 Å². The molecule has 0 atom stereocenters. The average molecular weight is 351 g/mol. The van der Waals surface area contributed by atoms with Crippen molar-refractivity contribution in [1.29, 1.82) is 0 Å². The molecule has 1 aromatic heterocycles. The fourth-order valence-electron chi connectivity index (χ4n) is 3.53. The number of hydrogen-bond donors (Lipinski definition) is 0. The summed E-state index contributed by atoms with van der Waals surface area (Å²) in [6, 6.07) is 4.06. The first kappa shape index (κ1) is 16.1. The Morgan fingerprint density at radius 1 is 0.792 bits per heavy atom. The van der Waals surface area contributed by atoms with Crippen LogP contribution in [0.2, 0.25) is 0 Å². The van der Waals surface area contributed by atoms with Crippen LogP contribution in [-0.2, 0) is 10.0 Å². The highest BCUT2D eigenvalue weighted by atomic mass is 32.2. The molecule has 4 rings (SSSR count). The van der Waals surface area contributed by atoms with Crippen LogP contribution in [0, 0.1) is 0 Å². The van der Waals surface area contributed by atoms with E-state index in [1.165, 1.54) is 19.3 Å². The summed E-state index contributed by atoms with van der Waals surface area (Å²) in [4.78, 5) is 4.42. The Balaban J connectivity index is 1.37. The van der Waals surface area contributed by atoms with E-state index in [0.717, 1.165) is 37.6 Å². The van der Waals surface area contributed by atoms with Gasteiger partial charge in [0.1, 0.15) is 0 Å². The van der Waals surface area contributed by atoms with Gasteiger partial charge >= 0.3 is 0 Å². The van der Waals surface area contributed by atoms with Crippen molar-refractivity contribution >= 4 is 21.7 Å². The van der Waals surface area contributed by atoms with E-state index in [2.05, 4.69) is 20.0 Å². The first-order valence-electron chi connectivity index (χ1n) is 8.97. The summed E-state index contributed by atoms with van der Waals surface area (Å²) in [5, 5.41) is 8.65. The average Bonchev–Trinajstić information content (AvgIpc) is 3.49. The maximum absolute atomic E-state index is 12.3. The van der Waals surface area contributed by atoms with E-state index in [1.54, 1.807) is 4.31 Å². The van der Waals surface area contributed by atoms with Gasteiger partial charge in [0.15, 0.2) is 11.6 Å². The fourth-order valence-corrected chi connectivity index (χ4v) is 5.35. The Morgan fingerprint density at radius 2 is 1.33 bits per heavy atom. The summed E-state index contributed by atoms with van der Waals surface area (Å²) in [7, 11) is -3.05. The number of hydrogen-bond acceptors (Lipinski definition) is 6. The highest BCUT2D eigenvalue weighted by Gasteiger charge is 2.41. The smallest absolute Gasteiger partial charge is 0.217 e. The molecule has 3 fully saturated rings. The number of rotatable bonds is 4. The second kappa shape index (κ2) is 6.48. The lowest BCUT2D eigenvalue weighted by molar-refractivity contribution is 0.382. The molecule has 0 amide bonds. The first-order chi connectivity index (χ1) is 11.6. The van der Waals surface area contributed by atoms with E-state index in [0.29, 0.717) is 26.2 Å². The molecule has 1 saturated carbocycles. The van der Waals surface area contributed by atoms with E-state index in [-0.39, 0.29) is 5.25 Å². The summed E-state index contributed by atoms with van der Waals surface area (Å²) in [5.74, 6) is 1.80. The zero-order chi connectivity index (χ0) is 16.6. The topological polar surface area (TPSA) is 69.6 Å². The Kier molecular flexibility index (Phi) is 4.34. The summed E-state index contributed by atoms with van der Waals surface area (Å²) < 4.78 is 26.2. The second-order valence-corrected chi connectivity index (χ2v) is 9.14. The lowest BCUT2D eigenvalue weighted by Crippen LogP contribution is -2.49. The van der Waals surface area contributed by atoms with Crippen LogP contribution in [0.4, 0.5) is 11.6 Å². The van der Waals surface area contributed by atoms with Crippen molar-refractivity contribution in [1.82, 2.24) is 14.5 Å². The van der Waals surface area contributed by atoms with E-state index in [4.69, 9.17) is 0 Å². The monoisotopic (exact) mass is 351 g/mol. The maximum Gasteiger partial charge on any atom is 0.217 e. The molecule has 0 bridgehead atoms. The number of piperidine rings is 1. The van der Waals surface area contributed by atoms with Gasteiger partial charge < -0.3 is 9.80 Å². The highest BCUT2D eigenvalue weighted by Crippen LogP contribution is 2.31. The van der Waals surface area contributed by atoms with Gasteiger partial charge in [-0.2, -0.15) is 4.31 Å². The van der Waals surface area contributed by atoms with Gasteiger partial charge in [-0.25, -0.2) is 8.42 Å². The molecule has 2 aliphatic heterocycles. The molecule has 0 spiro atoms. The van der Waals surface area contributed by atoms with Gasteiger partial charge in [0.05, 0.1) is 5.25 Å². The van der Waals surface area contributed by atoms with Crippen LogP contribution in [0.1, 0.15) is 32.1 Å². The van der Waals surface area contributed by atoms with Gasteiger partial charge in [-0.05, 0) is 44.2 Å². The molecular weight excluding hydrogens is 326 g/mol. The molecule has 0 N–H and O–H groups in total. The summed E-state index contributed by atoms with van der Waals surface area (Å²) in [5.41, 5.74) is 0. The van der Waals surface area contributed by atoms with Gasteiger partial charge in [0.2, 0.25) is 10.0 Å². The molecule has 0 aromatic carbocycles. The van der Waals surface area contributed by atoms with E-state index < -0.39 is 10.0 Å². The molecule has 3 aliphatic rings. The van der Waals surface area contributed by atoms with Crippen LogP contribution in [0.5, 0.6) is 0 Å². The van der Waals surface area contributed by atoms with Gasteiger partial charge in [-0.3, -0.25) is 0 Å². The van der Waals surface area contributed by atoms with Crippen LogP contribution >= 0.6 is 0 Å². The van der Waals surface area contributed by atoms with Crippen molar-refractivity contribution in [3.8, 4) is 0 Å². The van der Waals surface area contributed by atoms with Crippen molar-refractivity contribution in [3.63, 3.8) is 0 Å². The van der Waals surface area contributed by atoms with Crippen molar-refractivity contribution in [2.45, 2.75) is 37.4 Å². The van der Waals surface area contributed by atoms with Crippen LogP contribution in [0.15, 0.2) is 12.1 Å². The number of anilines is 2. The largest absolute Gasteiger partial charge is 0.355 e. The molecule has 132 valence electrons. The van der Waals surface area contributed by atoms with Crippen LogP contribution in [0.3, 0.4) is 0 Å². The highest BCUT2D eigenvalue weighted by molar-refractivity contribution is 7.90. The predicted molar refractivity (Wildman–Crippen MR) is 93.8 cm³/mol. The van der Waals surface area contributed by atoms with Crippen molar-refractivity contribution < 1.29 is 8.42 Å². The van der Waals surface area contributed by atoms with Gasteiger partial charge in [-0.1, -0.05) is 0 Å². The SMILES string of the molecule is O=S(=O)(C1CC1)N1CCN(c2ccc(N3CCCCC3)nn2)CC1. The Labute approximate surface area is 143 Å². The third-order valence-corrected chi connectivity index (χ3v) is 7.58. The van der Waals surface area contributed by atoms with Crippen molar-refractivity contribution in [2.24, 2.45) is 0 Å². The molecule has 1 aromatic rings. The number of aromatic nitrogens is 2. The van der Waals surface area contributed by atoms with Crippen LogP contribution in [-0.4, -0.2) is 67.4 Å². The van der Waals surface area contributed by atoms with Gasteiger partial charge in [-0.15, -0.1) is 10.2 Å². The van der Waals surface area contributed by atoms with Crippen LogP contribution in [0.25, 0.3) is 0 Å². The Morgan fingerprint density at radius 3 is 1.83 bits per heavy atom. The van der Waals surface area contributed by atoms with Crippen LogP contribution < -0.4 is 9.80 Å². The zero-order valence-corrected chi connectivity index (χ0v) is 14.8. The standard InChI is InChI=1S/C16H25N5O2S/c22-24(23,14-4-5-14)21-12-10-20(11-13-21)16-7-6-15(17-18-16)19-8-2-1-3-9-19/h6-7,14H,1-5,8-13H2. The normalized spacial score (nSPS) is 23.5. The summed E-state index contributed by atoms with van der Waals surface area (Å²) >= 11 is 0. The third kappa shape index (κ3) is 3.21. The Bertz CT molecular complexity index is 660. The minimum Gasteiger partial charge on any atom is -0.355 e. The minimum absolute atomic E-state index is 0.118. The maximum atomic E-state index is 12.3. The molecule has 0 unspecified atom stereocenters. The fraction of sp³-hybridized carbons (Fsp3) is 0.750. The first-order valence-corrected chi connectivity index (χ1v) is 10.5. The van der Waals surface area contributed by atoms with E-state index >= 15 is 0 Å². The molecule has 24 heavy (non-hydrogen) atoms. The summed E-state index contributed by atoms with van der Waals surface area (Å²) in [6.45, 7) is 4.59. The van der Waals surface area contributed by atoms with Crippen molar-refractivity contribution in [3.05, 3.63) is 12.1 Å². The molecule has 2 saturated heterocycles. The lowest BCUT2D eigenvalue weighted by Gasteiger charge is -2.34. The van der Waals surface area contributed by atoms with Gasteiger partial charge in [0, 0.05) is 39.3 Å². The van der Waals surface area contributed by atoms with Gasteiger partial charge in [0.25, 0.3) is 0 Å². The molecule has 0 radical (unpaired) electrons. The molecule has 3 heterocycles. The molecular formula is C16H25N5O2S. The predicted octanol–water partition coefficient (Wildman–Crippen LogP) is 1.08. The number of sulfonamides is 1. The summed E-state index contributed by atoms with van der Waals surface area (Å²) in [6.07, 6.45) is 5.40.